The standard InChI is InChI=1S/C13H13Cl2NS/c1-8-4-10(7-17-8)13(16)6-9-2-3-11(14)12(15)5-9/h2-5,7,13H,6,16H2,1H3. The number of rotatable bonds is 3. The van der Waals surface area contributed by atoms with Gasteiger partial charge >= 0.3 is 0 Å². The average molecular weight is 286 g/mol. The predicted octanol–water partition coefficient (Wildman–Crippen LogP) is 4.61. The lowest BCUT2D eigenvalue weighted by atomic mass is 10.0. The molecule has 90 valence electrons. The second-order valence-corrected chi connectivity index (χ2v) is 5.98. The van der Waals surface area contributed by atoms with Crippen LogP contribution in [0.1, 0.15) is 22.0 Å². The van der Waals surface area contributed by atoms with Crippen molar-refractivity contribution >= 4 is 34.5 Å². The molecule has 0 amide bonds. The van der Waals surface area contributed by atoms with Crippen LogP contribution in [-0.4, -0.2) is 0 Å². The van der Waals surface area contributed by atoms with Crippen LogP contribution in [0.15, 0.2) is 29.6 Å². The minimum atomic E-state index is 0.0113. The molecule has 0 saturated heterocycles. The van der Waals surface area contributed by atoms with Crippen molar-refractivity contribution in [3.8, 4) is 0 Å². The Morgan fingerprint density at radius 3 is 2.59 bits per heavy atom. The molecule has 2 aromatic rings. The first-order valence-corrected chi connectivity index (χ1v) is 6.94. The van der Waals surface area contributed by atoms with E-state index in [2.05, 4.69) is 18.4 Å². The Morgan fingerprint density at radius 1 is 1.24 bits per heavy atom. The van der Waals surface area contributed by atoms with Crippen LogP contribution in [0.5, 0.6) is 0 Å². The van der Waals surface area contributed by atoms with Gasteiger partial charge in [0.1, 0.15) is 0 Å². The first-order chi connectivity index (χ1) is 8.06. The normalized spacial score (nSPS) is 12.7. The van der Waals surface area contributed by atoms with Gasteiger partial charge in [0.05, 0.1) is 10.0 Å². The fourth-order valence-electron chi connectivity index (χ4n) is 1.70. The van der Waals surface area contributed by atoms with E-state index < -0.39 is 0 Å². The zero-order chi connectivity index (χ0) is 12.4. The summed E-state index contributed by atoms with van der Waals surface area (Å²) in [6.07, 6.45) is 0.771. The van der Waals surface area contributed by atoms with Crippen LogP contribution in [-0.2, 0) is 6.42 Å². The number of halogens is 2. The first kappa shape index (κ1) is 12.9. The maximum atomic E-state index is 6.16. The summed E-state index contributed by atoms with van der Waals surface area (Å²) in [6, 6.07) is 7.80. The lowest BCUT2D eigenvalue weighted by Gasteiger charge is -2.10. The minimum absolute atomic E-state index is 0.0113. The quantitative estimate of drug-likeness (QED) is 0.876. The van der Waals surface area contributed by atoms with Crippen LogP contribution < -0.4 is 5.73 Å². The van der Waals surface area contributed by atoms with Crippen LogP contribution in [0.3, 0.4) is 0 Å². The summed E-state index contributed by atoms with van der Waals surface area (Å²) in [5.74, 6) is 0. The van der Waals surface area contributed by atoms with Crippen molar-refractivity contribution in [1.29, 1.82) is 0 Å². The molecular weight excluding hydrogens is 273 g/mol. The summed E-state index contributed by atoms with van der Waals surface area (Å²) < 4.78 is 0. The topological polar surface area (TPSA) is 26.0 Å². The van der Waals surface area contributed by atoms with E-state index in [9.17, 15) is 0 Å². The Hall–Kier alpha value is -0.540. The van der Waals surface area contributed by atoms with E-state index >= 15 is 0 Å². The van der Waals surface area contributed by atoms with Crippen molar-refractivity contribution in [3.63, 3.8) is 0 Å². The zero-order valence-corrected chi connectivity index (χ0v) is 11.7. The Labute approximate surface area is 115 Å². The smallest absolute Gasteiger partial charge is 0.0595 e. The van der Waals surface area contributed by atoms with Crippen molar-refractivity contribution in [1.82, 2.24) is 0 Å². The molecule has 0 bridgehead atoms. The fourth-order valence-corrected chi connectivity index (χ4v) is 2.79. The maximum Gasteiger partial charge on any atom is 0.0595 e. The van der Waals surface area contributed by atoms with Gasteiger partial charge in [-0.15, -0.1) is 11.3 Å². The van der Waals surface area contributed by atoms with Gasteiger partial charge in [-0.25, -0.2) is 0 Å². The average Bonchev–Trinajstić information content (AvgIpc) is 2.70. The van der Waals surface area contributed by atoms with Gasteiger partial charge in [-0.2, -0.15) is 0 Å². The molecule has 2 N–H and O–H groups in total. The number of hydrogen-bond donors (Lipinski definition) is 1. The molecule has 17 heavy (non-hydrogen) atoms. The van der Waals surface area contributed by atoms with Gasteiger partial charge < -0.3 is 5.73 Å². The molecule has 1 heterocycles. The van der Waals surface area contributed by atoms with E-state index in [1.807, 2.05) is 18.2 Å². The molecule has 1 atom stereocenters. The molecule has 0 aliphatic heterocycles. The van der Waals surface area contributed by atoms with E-state index in [1.165, 1.54) is 10.4 Å². The molecule has 0 saturated carbocycles. The van der Waals surface area contributed by atoms with E-state index in [1.54, 1.807) is 11.3 Å². The largest absolute Gasteiger partial charge is 0.324 e. The monoisotopic (exact) mass is 285 g/mol. The van der Waals surface area contributed by atoms with Crippen molar-refractivity contribution in [3.05, 3.63) is 55.7 Å². The van der Waals surface area contributed by atoms with Gasteiger partial charge in [-0.3, -0.25) is 0 Å². The second kappa shape index (κ2) is 5.40. The zero-order valence-electron chi connectivity index (χ0n) is 9.41. The SMILES string of the molecule is Cc1cc(C(N)Cc2ccc(Cl)c(Cl)c2)cs1. The Morgan fingerprint density at radius 2 is 2.00 bits per heavy atom. The van der Waals surface area contributed by atoms with Crippen molar-refractivity contribution in [2.45, 2.75) is 19.4 Å². The molecule has 0 aliphatic rings. The second-order valence-electron chi connectivity index (χ2n) is 4.05. The molecule has 1 aromatic heterocycles. The third-order valence-electron chi connectivity index (χ3n) is 2.62. The van der Waals surface area contributed by atoms with Gasteiger partial charge in [0.15, 0.2) is 0 Å². The highest BCUT2D eigenvalue weighted by molar-refractivity contribution is 7.10. The summed E-state index contributed by atoms with van der Waals surface area (Å²) in [6.45, 7) is 2.08. The van der Waals surface area contributed by atoms with Crippen LogP contribution >= 0.6 is 34.5 Å². The fraction of sp³-hybridized carbons (Fsp3) is 0.231. The van der Waals surface area contributed by atoms with E-state index in [0.29, 0.717) is 10.0 Å². The highest BCUT2D eigenvalue weighted by atomic mass is 35.5. The molecule has 0 aliphatic carbocycles. The molecule has 0 fully saturated rings. The highest BCUT2D eigenvalue weighted by Gasteiger charge is 2.09. The van der Waals surface area contributed by atoms with Gasteiger partial charge in [-0.1, -0.05) is 29.3 Å². The Bertz CT molecular complexity index is 522. The lowest BCUT2D eigenvalue weighted by molar-refractivity contribution is 0.725. The summed E-state index contributed by atoms with van der Waals surface area (Å²) in [7, 11) is 0. The Kier molecular flexibility index (Phi) is 4.10. The molecule has 2 rings (SSSR count). The van der Waals surface area contributed by atoms with Crippen LogP contribution in [0, 0.1) is 6.92 Å². The van der Waals surface area contributed by atoms with Crippen molar-refractivity contribution < 1.29 is 0 Å². The van der Waals surface area contributed by atoms with E-state index in [0.717, 1.165) is 12.0 Å². The number of thiophene rings is 1. The van der Waals surface area contributed by atoms with Crippen LogP contribution in [0.4, 0.5) is 0 Å². The van der Waals surface area contributed by atoms with Gasteiger partial charge in [-0.05, 0) is 48.1 Å². The van der Waals surface area contributed by atoms with Crippen LogP contribution in [0.2, 0.25) is 10.0 Å². The molecule has 1 nitrogen and oxygen atoms in total. The van der Waals surface area contributed by atoms with E-state index in [4.69, 9.17) is 28.9 Å². The first-order valence-electron chi connectivity index (χ1n) is 5.31. The van der Waals surface area contributed by atoms with Gasteiger partial charge in [0.25, 0.3) is 0 Å². The molecule has 0 spiro atoms. The molecule has 0 radical (unpaired) electrons. The predicted molar refractivity (Wildman–Crippen MR) is 76.2 cm³/mol. The lowest BCUT2D eigenvalue weighted by Crippen LogP contribution is -2.12. The van der Waals surface area contributed by atoms with Crippen molar-refractivity contribution in [2.75, 3.05) is 0 Å². The highest BCUT2D eigenvalue weighted by Crippen LogP contribution is 2.26. The molecular formula is C13H13Cl2NS. The molecule has 1 aromatic carbocycles. The molecule has 4 heteroatoms. The Balaban J connectivity index is 2.12. The number of benzene rings is 1. The number of nitrogens with two attached hydrogens (primary N) is 1. The van der Waals surface area contributed by atoms with Crippen molar-refractivity contribution in [2.24, 2.45) is 5.73 Å². The van der Waals surface area contributed by atoms with Gasteiger partial charge in [0, 0.05) is 10.9 Å². The maximum absolute atomic E-state index is 6.16. The third kappa shape index (κ3) is 3.23. The summed E-state index contributed by atoms with van der Waals surface area (Å²) >= 11 is 13.6. The summed E-state index contributed by atoms with van der Waals surface area (Å²) in [5.41, 5.74) is 8.45. The number of aryl methyl sites for hydroxylation is 1. The third-order valence-corrected chi connectivity index (χ3v) is 4.24. The summed E-state index contributed by atoms with van der Waals surface area (Å²) in [5, 5.41) is 3.27. The van der Waals surface area contributed by atoms with Crippen LogP contribution in [0.25, 0.3) is 0 Å². The number of hydrogen-bond acceptors (Lipinski definition) is 2. The minimum Gasteiger partial charge on any atom is -0.324 e. The van der Waals surface area contributed by atoms with E-state index in [-0.39, 0.29) is 6.04 Å². The molecule has 1 unspecified atom stereocenters. The summed E-state index contributed by atoms with van der Waals surface area (Å²) in [4.78, 5) is 1.28. The van der Waals surface area contributed by atoms with Gasteiger partial charge in [0.2, 0.25) is 0 Å².